The highest BCUT2D eigenvalue weighted by Crippen LogP contribution is 2.19. The first-order valence-corrected chi connectivity index (χ1v) is 4.64. The van der Waals surface area contributed by atoms with Gasteiger partial charge in [0.15, 0.2) is 5.75 Å². The highest BCUT2D eigenvalue weighted by molar-refractivity contribution is 5.27. The van der Waals surface area contributed by atoms with Crippen LogP contribution in [0, 0.1) is 0 Å². The molecule has 2 rings (SSSR count). The third-order valence-corrected chi connectivity index (χ3v) is 1.91. The Balaban J connectivity index is 2.11. The van der Waals surface area contributed by atoms with Gasteiger partial charge in [0.2, 0.25) is 0 Å². The Bertz CT molecular complexity index is 395. The van der Waals surface area contributed by atoms with E-state index >= 15 is 0 Å². The molecule has 0 spiro atoms. The van der Waals surface area contributed by atoms with E-state index in [2.05, 4.69) is 5.10 Å². The second kappa shape index (κ2) is 3.96. The van der Waals surface area contributed by atoms with E-state index in [0.717, 1.165) is 18.0 Å². The molecule has 0 unspecified atom stereocenters. The summed E-state index contributed by atoms with van der Waals surface area (Å²) in [6.45, 7) is 2.90. The predicted molar refractivity (Wildman–Crippen MR) is 54.4 cm³/mol. The number of para-hydroxylation sites is 1. The lowest BCUT2D eigenvalue weighted by molar-refractivity contribution is 0.481. The number of aromatic nitrogens is 2. The number of nitrogens with zero attached hydrogens (tertiary/aromatic N) is 2. The van der Waals surface area contributed by atoms with Crippen molar-refractivity contribution in [1.29, 1.82) is 0 Å². The summed E-state index contributed by atoms with van der Waals surface area (Å²) in [5.74, 6) is 1.61. The summed E-state index contributed by atoms with van der Waals surface area (Å²) >= 11 is 0. The summed E-state index contributed by atoms with van der Waals surface area (Å²) in [6, 6.07) is 9.69. The normalized spacial score (nSPS) is 10.1. The van der Waals surface area contributed by atoms with Gasteiger partial charge in [0, 0.05) is 6.54 Å². The Morgan fingerprint density at radius 1 is 1.21 bits per heavy atom. The molecule has 0 fully saturated rings. The maximum absolute atomic E-state index is 5.58. The first-order valence-electron chi connectivity index (χ1n) is 4.64. The van der Waals surface area contributed by atoms with Gasteiger partial charge in [-0.3, -0.25) is 4.68 Å². The summed E-state index contributed by atoms with van der Waals surface area (Å²) in [7, 11) is 0. The topological polar surface area (TPSA) is 27.1 Å². The molecule has 2 aromatic rings. The summed E-state index contributed by atoms with van der Waals surface area (Å²) in [6.07, 6.45) is 3.60. The van der Waals surface area contributed by atoms with Crippen LogP contribution in [0.5, 0.6) is 11.5 Å². The molecular formula is C11H12N2O. The van der Waals surface area contributed by atoms with E-state index in [-0.39, 0.29) is 0 Å². The van der Waals surface area contributed by atoms with Crippen molar-refractivity contribution in [2.75, 3.05) is 0 Å². The lowest BCUT2D eigenvalue weighted by atomic mass is 10.3. The lowest BCUT2D eigenvalue weighted by Gasteiger charge is -2.00. The molecular weight excluding hydrogens is 176 g/mol. The van der Waals surface area contributed by atoms with Gasteiger partial charge in [-0.2, -0.15) is 5.10 Å². The van der Waals surface area contributed by atoms with Gasteiger partial charge in [0.1, 0.15) is 5.75 Å². The summed E-state index contributed by atoms with van der Waals surface area (Å²) < 4.78 is 7.41. The minimum atomic E-state index is 0.776. The van der Waals surface area contributed by atoms with Crippen LogP contribution in [-0.4, -0.2) is 9.78 Å². The molecule has 1 heterocycles. The quantitative estimate of drug-likeness (QED) is 0.740. The Kier molecular flexibility index (Phi) is 2.49. The number of aryl methyl sites for hydroxylation is 1. The number of rotatable bonds is 3. The van der Waals surface area contributed by atoms with Gasteiger partial charge in [0.05, 0.1) is 12.4 Å². The molecule has 0 saturated heterocycles. The molecule has 0 bridgehead atoms. The zero-order valence-electron chi connectivity index (χ0n) is 8.05. The molecule has 1 aromatic heterocycles. The monoisotopic (exact) mass is 188 g/mol. The Morgan fingerprint density at radius 2 is 2.00 bits per heavy atom. The Morgan fingerprint density at radius 3 is 2.64 bits per heavy atom. The fourth-order valence-corrected chi connectivity index (χ4v) is 1.19. The maximum atomic E-state index is 5.58. The Labute approximate surface area is 82.9 Å². The van der Waals surface area contributed by atoms with Crippen molar-refractivity contribution in [1.82, 2.24) is 9.78 Å². The third kappa shape index (κ3) is 1.93. The molecule has 0 N–H and O–H groups in total. The highest BCUT2D eigenvalue weighted by atomic mass is 16.5. The van der Waals surface area contributed by atoms with Crippen LogP contribution in [0.2, 0.25) is 0 Å². The molecule has 0 saturated carbocycles. The number of benzene rings is 1. The van der Waals surface area contributed by atoms with Gasteiger partial charge in [-0.05, 0) is 19.1 Å². The molecule has 0 atom stereocenters. The van der Waals surface area contributed by atoms with Gasteiger partial charge in [-0.1, -0.05) is 18.2 Å². The van der Waals surface area contributed by atoms with Gasteiger partial charge in [-0.15, -0.1) is 0 Å². The summed E-state index contributed by atoms with van der Waals surface area (Å²) in [5, 5.41) is 4.12. The Hall–Kier alpha value is -1.77. The van der Waals surface area contributed by atoms with E-state index < -0.39 is 0 Å². The molecule has 0 amide bonds. The summed E-state index contributed by atoms with van der Waals surface area (Å²) in [4.78, 5) is 0. The van der Waals surface area contributed by atoms with Crippen LogP contribution in [0.3, 0.4) is 0 Å². The minimum Gasteiger partial charge on any atom is -0.454 e. The van der Waals surface area contributed by atoms with Crippen LogP contribution in [0.4, 0.5) is 0 Å². The van der Waals surface area contributed by atoms with E-state index in [1.54, 1.807) is 6.20 Å². The van der Waals surface area contributed by atoms with Crippen molar-refractivity contribution in [3.8, 4) is 11.5 Å². The fourth-order valence-electron chi connectivity index (χ4n) is 1.19. The van der Waals surface area contributed by atoms with Crippen molar-refractivity contribution in [3.05, 3.63) is 42.7 Å². The van der Waals surface area contributed by atoms with Gasteiger partial charge >= 0.3 is 0 Å². The molecule has 0 radical (unpaired) electrons. The van der Waals surface area contributed by atoms with Crippen LogP contribution in [0.15, 0.2) is 42.7 Å². The largest absolute Gasteiger partial charge is 0.454 e. The average Bonchev–Trinajstić information content (AvgIpc) is 2.67. The second-order valence-electron chi connectivity index (χ2n) is 2.95. The molecule has 1 aromatic carbocycles. The van der Waals surface area contributed by atoms with Crippen LogP contribution in [-0.2, 0) is 6.54 Å². The molecule has 3 heteroatoms. The zero-order chi connectivity index (χ0) is 9.80. The number of hydrogen-bond acceptors (Lipinski definition) is 2. The molecule has 0 aliphatic rings. The molecule has 0 aliphatic heterocycles. The summed E-state index contributed by atoms with van der Waals surface area (Å²) in [5.41, 5.74) is 0. The second-order valence-corrected chi connectivity index (χ2v) is 2.95. The third-order valence-electron chi connectivity index (χ3n) is 1.91. The number of hydrogen-bond donors (Lipinski definition) is 0. The smallest absolute Gasteiger partial charge is 0.165 e. The van der Waals surface area contributed by atoms with E-state index in [1.807, 2.05) is 48.1 Å². The molecule has 14 heavy (non-hydrogen) atoms. The minimum absolute atomic E-state index is 0.776. The predicted octanol–water partition coefficient (Wildman–Crippen LogP) is 2.70. The SMILES string of the molecule is CCn1cc(Oc2ccccc2)cn1. The van der Waals surface area contributed by atoms with E-state index in [1.165, 1.54) is 0 Å². The maximum Gasteiger partial charge on any atom is 0.165 e. The van der Waals surface area contributed by atoms with Gasteiger partial charge in [-0.25, -0.2) is 0 Å². The van der Waals surface area contributed by atoms with Crippen LogP contribution < -0.4 is 4.74 Å². The van der Waals surface area contributed by atoms with Crippen LogP contribution in [0.25, 0.3) is 0 Å². The van der Waals surface area contributed by atoms with Gasteiger partial charge < -0.3 is 4.74 Å². The van der Waals surface area contributed by atoms with E-state index in [4.69, 9.17) is 4.74 Å². The standard InChI is InChI=1S/C11H12N2O/c1-2-13-9-11(8-12-13)14-10-6-4-3-5-7-10/h3-9H,2H2,1H3. The highest BCUT2D eigenvalue weighted by Gasteiger charge is 1.98. The molecule has 72 valence electrons. The zero-order valence-corrected chi connectivity index (χ0v) is 8.05. The molecule has 3 nitrogen and oxygen atoms in total. The number of ether oxygens (including phenoxy) is 1. The van der Waals surface area contributed by atoms with Crippen molar-refractivity contribution in [3.63, 3.8) is 0 Å². The van der Waals surface area contributed by atoms with E-state index in [0.29, 0.717) is 0 Å². The lowest BCUT2D eigenvalue weighted by Crippen LogP contribution is -1.92. The van der Waals surface area contributed by atoms with Crippen molar-refractivity contribution in [2.24, 2.45) is 0 Å². The fraction of sp³-hybridized carbons (Fsp3) is 0.182. The van der Waals surface area contributed by atoms with Crippen molar-refractivity contribution < 1.29 is 4.74 Å². The van der Waals surface area contributed by atoms with Crippen molar-refractivity contribution >= 4 is 0 Å². The van der Waals surface area contributed by atoms with Crippen LogP contribution >= 0.6 is 0 Å². The van der Waals surface area contributed by atoms with Crippen molar-refractivity contribution in [2.45, 2.75) is 13.5 Å². The average molecular weight is 188 g/mol. The molecule has 0 aliphatic carbocycles. The van der Waals surface area contributed by atoms with Gasteiger partial charge in [0.25, 0.3) is 0 Å². The first kappa shape index (κ1) is 8.81. The first-order chi connectivity index (χ1) is 6.88. The van der Waals surface area contributed by atoms with Crippen LogP contribution in [0.1, 0.15) is 6.92 Å². The van der Waals surface area contributed by atoms with E-state index in [9.17, 15) is 0 Å².